The van der Waals surface area contributed by atoms with E-state index >= 15 is 0 Å². The molecule has 0 aliphatic heterocycles. The first kappa shape index (κ1) is 26.1. The molecule has 2 N–H and O–H groups in total. The van der Waals surface area contributed by atoms with Crippen LogP contribution in [0.3, 0.4) is 0 Å². The highest BCUT2D eigenvalue weighted by molar-refractivity contribution is 7.86. The van der Waals surface area contributed by atoms with Crippen LogP contribution in [0.2, 0.25) is 0 Å². The van der Waals surface area contributed by atoms with Crippen molar-refractivity contribution >= 4 is 16.0 Å². The topological polar surface area (TPSA) is 83.5 Å². The number of rotatable bonds is 18. The Hall–Kier alpha value is -0.880. The predicted molar refractivity (Wildman–Crippen MR) is 113 cm³/mol. The Labute approximate surface area is 167 Å². The van der Waals surface area contributed by atoms with Gasteiger partial charge >= 0.3 is 0 Å². The number of allylic oxidation sites excluding steroid dienone is 1. The maximum atomic E-state index is 11.5. The van der Waals surface area contributed by atoms with Crippen molar-refractivity contribution in [3.05, 3.63) is 12.2 Å². The molecule has 0 radical (unpaired) electrons. The lowest BCUT2D eigenvalue weighted by atomic mass is 10.0. The zero-order chi connectivity index (χ0) is 20.4. The lowest BCUT2D eigenvalue weighted by Gasteiger charge is -2.08. The van der Waals surface area contributed by atoms with Gasteiger partial charge in [-0.05, 0) is 25.8 Å². The summed E-state index contributed by atoms with van der Waals surface area (Å²) >= 11 is 0. The van der Waals surface area contributed by atoms with E-state index < -0.39 is 21.4 Å². The molecule has 27 heavy (non-hydrogen) atoms. The number of hydrogen-bond acceptors (Lipinski definition) is 3. The number of carbonyl (C=O) groups excluding carboxylic acids is 1. The molecule has 0 aromatic rings. The van der Waals surface area contributed by atoms with Gasteiger partial charge in [0, 0.05) is 0 Å². The largest absolute Gasteiger partial charge is 0.334 e. The van der Waals surface area contributed by atoms with Gasteiger partial charge in [0.25, 0.3) is 10.1 Å². The molecule has 6 heteroatoms. The van der Waals surface area contributed by atoms with Crippen molar-refractivity contribution in [2.45, 2.75) is 116 Å². The van der Waals surface area contributed by atoms with Crippen LogP contribution in [-0.2, 0) is 14.9 Å². The lowest BCUT2D eigenvalue weighted by molar-refractivity contribution is -0.116. The van der Waals surface area contributed by atoms with E-state index in [0.29, 0.717) is 0 Å². The molecule has 0 saturated heterocycles. The van der Waals surface area contributed by atoms with Gasteiger partial charge in [-0.3, -0.25) is 9.35 Å². The third-order valence-corrected chi connectivity index (χ3v) is 5.80. The van der Waals surface area contributed by atoms with Crippen molar-refractivity contribution in [1.82, 2.24) is 5.32 Å². The molecule has 0 fully saturated rings. The molecule has 0 rings (SSSR count). The predicted octanol–water partition coefficient (Wildman–Crippen LogP) is 5.76. The molecule has 0 spiro atoms. The minimum atomic E-state index is -4.22. The Kier molecular flexibility index (Phi) is 16.7. The van der Waals surface area contributed by atoms with E-state index in [2.05, 4.69) is 12.2 Å². The summed E-state index contributed by atoms with van der Waals surface area (Å²) in [5, 5.41) is 0.927. The molecule has 0 aromatic carbocycles. The van der Waals surface area contributed by atoms with Gasteiger partial charge in [0.15, 0.2) is 5.37 Å². The second-order valence-electron chi connectivity index (χ2n) is 7.45. The molecular weight excluding hydrogens is 362 g/mol. The van der Waals surface area contributed by atoms with E-state index in [1.807, 2.05) is 0 Å². The number of carbonyl (C=O) groups is 1. The molecule has 5 nitrogen and oxygen atoms in total. The summed E-state index contributed by atoms with van der Waals surface area (Å²) in [7, 11) is -4.22. The van der Waals surface area contributed by atoms with E-state index in [4.69, 9.17) is 4.55 Å². The first-order chi connectivity index (χ1) is 12.9. The van der Waals surface area contributed by atoms with Crippen molar-refractivity contribution < 1.29 is 17.8 Å². The lowest BCUT2D eigenvalue weighted by Crippen LogP contribution is -2.37. The number of unbranched alkanes of at least 4 members (excludes halogenated alkanes) is 14. The molecule has 1 amide bonds. The monoisotopic (exact) mass is 403 g/mol. The maximum absolute atomic E-state index is 11.5. The average molecular weight is 404 g/mol. The summed E-state index contributed by atoms with van der Waals surface area (Å²) in [6.07, 6.45) is 22.4. The number of amides is 1. The third kappa shape index (κ3) is 18.3. The fraction of sp³-hybridized carbons (Fsp3) is 0.857. The van der Waals surface area contributed by atoms with Gasteiger partial charge in [-0.2, -0.15) is 8.42 Å². The van der Waals surface area contributed by atoms with Gasteiger partial charge in [-0.1, -0.05) is 96.5 Å². The summed E-state index contributed by atoms with van der Waals surface area (Å²) in [4.78, 5) is 11.5. The molecule has 0 saturated carbocycles. The van der Waals surface area contributed by atoms with Gasteiger partial charge in [-0.25, -0.2) is 0 Å². The fourth-order valence-corrected chi connectivity index (χ4v) is 3.24. The molecule has 1 unspecified atom stereocenters. The van der Waals surface area contributed by atoms with Crippen LogP contribution in [0.1, 0.15) is 110 Å². The highest BCUT2D eigenvalue weighted by Crippen LogP contribution is 2.13. The third-order valence-electron chi connectivity index (χ3n) is 4.79. The standard InChI is InChI=1S/C21H41NO4S/c1-3-4-5-6-7-8-9-10-11-12-13-14-15-16-17-18-19-21(23)22-20(2)27(24,25)26/h18-20H,3-17H2,1-2H3,(H,22,23)(H,24,25,26). The SMILES string of the molecule is CCCCCCCCCCCCCCCCC=CC(=O)NC(C)S(=O)(=O)O. The Morgan fingerprint density at radius 1 is 0.852 bits per heavy atom. The summed E-state index contributed by atoms with van der Waals surface area (Å²) in [6.45, 7) is 3.49. The van der Waals surface area contributed by atoms with E-state index in [1.165, 1.54) is 90.0 Å². The number of hydrogen-bond donors (Lipinski definition) is 2. The molecule has 0 aliphatic rings. The van der Waals surface area contributed by atoms with E-state index in [-0.39, 0.29) is 0 Å². The van der Waals surface area contributed by atoms with E-state index in [9.17, 15) is 13.2 Å². The summed E-state index contributed by atoms with van der Waals surface area (Å²) in [6, 6.07) is 0. The fourth-order valence-electron chi connectivity index (χ4n) is 2.97. The molecule has 0 bridgehead atoms. The van der Waals surface area contributed by atoms with Crippen molar-refractivity contribution in [1.29, 1.82) is 0 Å². The van der Waals surface area contributed by atoms with Gasteiger partial charge in [0.05, 0.1) is 0 Å². The Morgan fingerprint density at radius 3 is 1.67 bits per heavy atom. The minimum Gasteiger partial charge on any atom is -0.334 e. The maximum Gasteiger partial charge on any atom is 0.285 e. The molecule has 160 valence electrons. The van der Waals surface area contributed by atoms with Crippen molar-refractivity contribution in [2.24, 2.45) is 0 Å². The highest BCUT2D eigenvalue weighted by atomic mass is 32.2. The first-order valence-electron chi connectivity index (χ1n) is 10.8. The average Bonchev–Trinajstić information content (AvgIpc) is 2.60. The molecule has 0 heterocycles. The molecular formula is C21H41NO4S. The van der Waals surface area contributed by atoms with Gasteiger partial charge in [0.1, 0.15) is 0 Å². The van der Waals surface area contributed by atoms with E-state index in [1.54, 1.807) is 6.08 Å². The zero-order valence-corrected chi connectivity index (χ0v) is 18.2. The van der Waals surface area contributed by atoms with Gasteiger partial charge in [0.2, 0.25) is 5.91 Å². The summed E-state index contributed by atoms with van der Waals surface area (Å²) in [5.74, 6) is -0.495. The smallest absolute Gasteiger partial charge is 0.285 e. The van der Waals surface area contributed by atoms with Crippen LogP contribution >= 0.6 is 0 Å². The van der Waals surface area contributed by atoms with Crippen LogP contribution in [-0.4, -0.2) is 24.3 Å². The second kappa shape index (κ2) is 17.2. The summed E-state index contributed by atoms with van der Waals surface area (Å²) < 4.78 is 30.4. The molecule has 1 atom stereocenters. The number of nitrogens with one attached hydrogen (secondary N) is 1. The van der Waals surface area contributed by atoms with Crippen LogP contribution < -0.4 is 5.32 Å². The molecule has 0 aliphatic carbocycles. The van der Waals surface area contributed by atoms with Crippen LogP contribution in [0.5, 0.6) is 0 Å². The Bertz CT molecular complexity index is 488. The van der Waals surface area contributed by atoms with E-state index in [0.717, 1.165) is 19.3 Å². The minimum absolute atomic E-state index is 0.495. The second-order valence-corrected chi connectivity index (χ2v) is 9.19. The Balaban J connectivity index is 3.36. The Morgan fingerprint density at radius 2 is 1.26 bits per heavy atom. The molecule has 0 aromatic heterocycles. The van der Waals surface area contributed by atoms with Crippen LogP contribution in [0.25, 0.3) is 0 Å². The van der Waals surface area contributed by atoms with Crippen LogP contribution in [0.4, 0.5) is 0 Å². The summed E-state index contributed by atoms with van der Waals surface area (Å²) in [5.41, 5.74) is 0. The zero-order valence-electron chi connectivity index (χ0n) is 17.4. The normalized spacial score (nSPS) is 13.1. The highest BCUT2D eigenvalue weighted by Gasteiger charge is 2.17. The van der Waals surface area contributed by atoms with Crippen molar-refractivity contribution in [3.8, 4) is 0 Å². The van der Waals surface area contributed by atoms with Gasteiger partial charge in [-0.15, -0.1) is 0 Å². The van der Waals surface area contributed by atoms with Crippen LogP contribution in [0, 0.1) is 0 Å². The quantitative estimate of drug-likeness (QED) is 0.173. The van der Waals surface area contributed by atoms with Crippen molar-refractivity contribution in [3.63, 3.8) is 0 Å². The first-order valence-corrected chi connectivity index (χ1v) is 12.3. The van der Waals surface area contributed by atoms with Crippen molar-refractivity contribution in [2.75, 3.05) is 0 Å². The van der Waals surface area contributed by atoms with Gasteiger partial charge < -0.3 is 5.32 Å². The van der Waals surface area contributed by atoms with Crippen LogP contribution in [0.15, 0.2) is 12.2 Å².